The van der Waals surface area contributed by atoms with Gasteiger partial charge in [0.05, 0.1) is 36.7 Å². The molecule has 0 aliphatic rings. The van der Waals surface area contributed by atoms with Crippen molar-refractivity contribution in [3.8, 4) is 11.5 Å². The molecule has 2 rings (SSSR count). The molecule has 30 heavy (non-hydrogen) atoms. The molecular weight excluding hydrogens is 428 g/mol. The smallest absolute Gasteiger partial charge is 0.251 e. The molecule has 0 aromatic heterocycles. The third kappa shape index (κ3) is 6.81. The van der Waals surface area contributed by atoms with E-state index in [2.05, 4.69) is 23.9 Å². The Morgan fingerprint density at radius 3 is 2.40 bits per heavy atom. The summed E-state index contributed by atoms with van der Waals surface area (Å²) in [5.41, 5.74) is 1.26. The van der Waals surface area contributed by atoms with E-state index in [9.17, 15) is 13.2 Å². The number of carbonyl (C=O) groups is 1. The highest BCUT2D eigenvalue weighted by molar-refractivity contribution is 7.92. The fourth-order valence-corrected chi connectivity index (χ4v) is 3.43. The van der Waals surface area contributed by atoms with Gasteiger partial charge in [-0.2, -0.15) is 0 Å². The summed E-state index contributed by atoms with van der Waals surface area (Å²) < 4.78 is 36.4. The van der Waals surface area contributed by atoms with Gasteiger partial charge in [0, 0.05) is 5.56 Å². The van der Waals surface area contributed by atoms with Crippen LogP contribution >= 0.6 is 11.6 Å². The molecule has 0 aliphatic carbocycles. The molecule has 9 heteroatoms. The number of methoxy groups -OCH3 is 1. The molecule has 164 valence electrons. The molecule has 0 radical (unpaired) electrons. The third-order valence-electron chi connectivity index (χ3n) is 4.13. The van der Waals surface area contributed by atoms with Gasteiger partial charge in [-0.3, -0.25) is 9.52 Å². The molecule has 0 aliphatic heterocycles. The Kier molecular flexibility index (Phi) is 7.97. The van der Waals surface area contributed by atoms with Gasteiger partial charge in [0.15, 0.2) is 11.5 Å². The molecule has 0 saturated carbocycles. The monoisotopic (exact) mass is 454 g/mol. The predicted molar refractivity (Wildman–Crippen MR) is 119 cm³/mol. The van der Waals surface area contributed by atoms with E-state index in [0.717, 1.165) is 11.8 Å². The third-order valence-corrected chi connectivity index (χ3v) is 5.05. The zero-order valence-electron chi connectivity index (χ0n) is 17.7. The van der Waals surface area contributed by atoms with Crippen LogP contribution in [0.5, 0.6) is 11.5 Å². The molecule has 1 atom stereocenters. The van der Waals surface area contributed by atoms with Gasteiger partial charge in [0.25, 0.3) is 5.91 Å². The number of anilines is 1. The van der Waals surface area contributed by atoms with E-state index < -0.39 is 10.0 Å². The zero-order valence-corrected chi connectivity index (χ0v) is 19.2. The molecule has 0 fully saturated rings. The highest BCUT2D eigenvalue weighted by Crippen LogP contribution is 2.31. The minimum absolute atomic E-state index is 0.146. The van der Waals surface area contributed by atoms with Crippen molar-refractivity contribution in [3.63, 3.8) is 0 Å². The first-order chi connectivity index (χ1) is 14.0. The zero-order chi connectivity index (χ0) is 22.5. The summed E-state index contributed by atoms with van der Waals surface area (Å²) >= 11 is 6.02. The van der Waals surface area contributed by atoms with Crippen LogP contribution in [0.1, 0.15) is 42.7 Å². The minimum Gasteiger partial charge on any atom is -0.493 e. The van der Waals surface area contributed by atoms with E-state index in [-0.39, 0.29) is 28.2 Å². The SMILES string of the molecule is COc1cc(C(C)NC(=O)c2ccc(Cl)c(NS(C)(=O)=O)c2)ccc1OCC(C)C. The molecule has 7 nitrogen and oxygen atoms in total. The molecule has 0 bridgehead atoms. The Hall–Kier alpha value is -2.45. The summed E-state index contributed by atoms with van der Waals surface area (Å²) in [7, 11) is -1.96. The summed E-state index contributed by atoms with van der Waals surface area (Å²) in [5.74, 6) is 1.24. The number of halogens is 1. The van der Waals surface area contributed by atoms with E-state index in [4.69, 9.17) is 21.1 Å². The van der Waals surface area contributed by atoms with E-state index >= 15 is 0 Å². The van der Waals surface area contributed by atoms with Gasteiger partial charge in [-0.05, 0) is 48.7 Å². The van der Waals surface area contributed by atoms with Crippen molar-refractivity contribution in [1.82, 2.24) is 5.32 Å². The average Bonchev–Trinajstić information content (AvgIpc) is 2.66. The first kappa shape index (κ1) is 23.8. The van der Waals surface area contributed by atoms with Crippen molar-refractivity contribution in [1.29, 1.82) is 0 Å². The molecule has 1 unspecified atom stereocenters. The maximum atomic E-state index is 12.7. The van der Waals surface area contributed by atoms with Crippen molar-refractivity contribution in [2.45, 2.75) is 26.8 Å². The van der Waals surface area contributed by atoms with Gasteiger partial charge in [0.2, 0.25) is 10.0 Å². The number of nitrogens with one attached hydrogen (secondary N) is 2. The normalized spacial score (nSPS) is 12.4. The van der Waals surface area contributed by atoms with Crippen molar-refractivity contribution in [2.75, 3.05) is 24.7 Å². The summed E-state index contributed by atoms with van der Waals surface area (Å²) in [6, 6.07) is 9.57. The number of hydrogen-bond donors (Lipinski definition) is 2. The van der Waals surface area contributed by atoms with Crippen LogP contribution in [-0.4, -0.2) is 34.3 Å². The lowest BCUT2D eigenvalue weighted by Crippen LogP contribution is -2.26. The summed E-state index contributed by atoms with van der Waals surface area (Å²) in [4.78, 5) is 12.7. The molecule has 0 heterocycles. The minimum atomic E-state index is -3.52. The van der Waals surface area contributed by atoms with Crippen LogP contribution in [0, 0.1) is 5.92 Å². The Morgan fingerprint density at radius 2 is 1.80 bits per heavy atom. The standard InChI is InChI=1S/C21H27ClN2O5S/c1-13(2)12-29-19-9-7-15(11-20(19)28-4)14(3)23-21(25)16-6-8-17(22)18(10-16)24-30(5,26)27/h6-11,13-14,24H,12H2,1-5H3,(H,23,25). The fourth-order valence-electron chi connectivity index (χ4n) is 2.64. The average molecular weight is 455 g/mol. The van der Waals surface area contributed by atoms with Gasteiger partial charge in [-0.25, -0.2) is 8.42 Å². The number of sulfonamides is 1. The van der Waals surface area contributed by atoms with Crippen LogP contribution in [0.4, 0.5) is 5.69 Å². The summed E-state index contributed by atoms with van der Waals surface area (Å²) in [6.07, 6.45) is 1.01. The van der Waals surface area contributed by atoms with Gasteiger partial charge < -0.3 is 14.8 Å². The second-order valence-electron chi connectivity index (χ2n) is 7.38. The second-order valence-corrected chi connectivity index (χ2v) is 9.53. The van der Waals surface area contributed by atoms with E-state index in [1.807, 2.05) is 25.1 Å². The molecule has 1 amide bonds. The van der Waals surface area contributed by atoms with Crippen molar-refractivity contribution < 1.29 is 22.7 Å². The largest absolute Gasteiger partial charge is 0.493 e. The van der Waals surface area contributed by atoms with E-state index in [1.54, 1.807) is 7.11 Å². The molecule has 2 aromatic carbocycles. The highest BCUT2D eigenvalue weighted by atomic mass is 35.5. The Labute approximate surface area is 182 Å². The lowest BCUT2D eigenvalue weighted by Gasteiger charge is -2.18. The number of hydrogen-bond acceptors (Lipinski definition) is 5. The lowest BCUT2D eigenvalue weighted by molar-refractivity contribution is 0.0940. The maximum absolute atomic E-state index is 12.7. The second kappa shape index (κ2) is 10.0. The predicted octanol–water partition coefficient (Wildman–Crippen LogP) is 4.25. The lowest BCUT2D eigenvalue weighted by atomic mass is 10.1. The summed E-state index contributed by atoms with van der Waals surface area (Å²) in [6.45, 7) is 6.54. The summed E-state index contributed by atoms with van der Waals surface area (Å²) in [5, 5.41) is 3.09. The van der Waals surface area contributed by atoms with Crippen LogP contribution in [0.25, 0.3) is 0 Å². The maximum Gasteiger partial charge on any atom is 0.251 e. The van der Waals surface area contributed by atoms with Crippen LogP contribution in [0.2, 0.25) is 5.02 Å². The molecule has 0 spiro atoms. The quantitative estimate of drug-likeness (QED) is 0.590. The number of ether oxygens (including phenoxy) is 2. The topological polar surface area (TPSA) is 93.7 Å². The van der Waals surface area contributed by atoms with Crippen LogP contribution < -0.4 is 19.5 Å². The van der Waals surface area contributed by atoms with Gasteiger partial charge >= 0.3 is 0 Å². The molecular formula is C21H27ClN2O5S. The van der Waals surface area contributed by atoms with Gasteiger partial charge in [-0.1, -0.05) is 31.5 Å². The Morgan fingerprint density at radius 1 is 1.10 bits per heavy atom. The van der Waals surface area contributed by atoms with Crippen LogP contribution in [0.15, 0.2) is 36.4 Å². The number of carbonyl (C=O) groups excluding carboxylic acids is 1. The molecule has 2 N–H and O–H groups in total. The Balaban J connectivity index is 2.16. The van der Waals surface area contributed by atoms with Crippen molar-refractivity contribution >= 4 is 33.2 Å². The van der Waals surface area contributed by atoms with Gasteiger partial charge in [-0.15, -0.1) is 0 Å². The first-order valence-electron chi connectivity index (χ1n) is 9.39. The first-order valence-corrected chi connectivity index (χ1v) is 11.7. The van der Waals surface area contributed by atoms with Gasteiger partial charge in [0.1, 0.15) is 0 Å². The number of benzene rings is 2. The fraction of sp³-hybridized carbons (Fsp3) is 0.381. The highest BCUT2D eigenvalue weighted by Gasteiger charge is 2.16. The molecule has 2 aromatic rings. The number of rotatable bonds is 9. The van der Waals surface area contributed by atoms with Crippen molar-refractivity contribution in [2.24, 2.45) is 5.92 Å². The van der Waals surface area contributed by atoms with Crippen molar-refractivity contribution in [3.05, 3.63) is 52.5 Å². The molecule has 0 saturated heterocycles. The number of amides is 1. The Bertz CT molecular complexity index is 1010. The van der Waals surface area contributed by atoms with Crippen LogP contribution in [0.3, 0.4) is 0 Å². The van der Waals surface area contributed by atoms with Crippen LogP contribution in [-0.2, 0) is 10.0 Å². The van der Waals surface area contributed by atoms with E-state index in [0.29, 0.717) is 24.0 Å². The van der Waals surface area contributed by atoms with E-state index in [1.165, 1.54) is 18.2 Å².